The van der Waals surface area contributed by atoms with E-state index in [1.54, 1.807) is 0 Å². The van der Waals surface area contributed by atoms with Crippen molar-refractivity contribution >= 4 is 17.6 Å². The normalized spacial score (nSPS) is 15.3. The van der Waals surface area contributed by atoms with Gasteiger partial charge in [-0.25, -0.2) is 0 Å². The number of rotatable bonds is 2. The van der Waals surface area contributed by atoms with Gasteiger partial charge in [0.15, 0.2) is 5.82 Å². The molecule has 1 aromatic carbocycles. The maximum atomic E-state index is 4.48. The summed E-state index contributed by atoms with van der Waals surface area (Å²) in [6.45, 7) is 8.56. The zero-order valence-electron chi connectivity index (χ0n) is 12.9. The Morgan fingerprint density at radius 1 is 0.952 bits per heavy atom. The third kappa shape index (κ3) is 3.05. The minimum Gasteiger partial charge on any atom is -0.353 e. The molecule has 0 amide bonds. The van der Waals surface area contributed by atoms with Gasteiger partial charge in [-0.05, 0) is 44.0 Å². The van der Waals surface area contributed by atoms with Crippen molar-refractivity contribution in [1.29, 1.82) is 0 Å². The molecule has 0 spiro atoms. The fourth-order valence-corrected chi connectivity index (χ4v) is 3.91. The van der Waals surface area contributed by atoms with Crippen molar-refractivity contribution in [3.63, 3.8) is 0 Å². The molecule has 0 atom stereocenters. The highest BCUT2D eigenvalue weighted by atomic mass is 32.2. The van der Waals surface area contributed by atoms with E-state index in [0.717, 1.165) is 24.6 Å². The molecular formula is C17H21N3S. The summed E-state index contributed by atoms with van der Waals surface area (Å²) in [6.07, 6.45) is 0. The van der Waals surface area contributed by atoms with Gasteiger partial charge in [-0.3, -0.25) is 0 Å². The highest BCUT2D eigenvalue weighted by molar-refractivity contribution is 7.99. The van der Waals surface area contributed by atoms with Crippen LogP contribution in [0, 0.1) is 20.8 Å². The van der Waals surface area contributed by atoms with E-state index >= 15 is 0 Å². The maximum absolute atomic E-state index is 4.48. The summed E-state index contributed by atoms with van der Waals surface area (Å²) in [5.74, 6) is 3.36. The lowest BCUT2D eigenvalue weighted by molar-refractivity contribution is 0.820. The van der Waals surface area contributed by atoms with E-state index in [1.165, 1.54) is 33.8 Å². The summed E-state index contributed by atoms with van der Waals surface area (Å²) >= 11 is 2.01. The number of hydrogen-bond acceptors (Lipinski definition) is 4. The average molecular weight is 299 g/mol. The Balaban J connectivity index is 1.90. The van der Waals surface area contributed by atoms with Gasteiger partial charge in [-0.1, -0.05) is 17.7 Å². The van der Waals surface area contributed by atoms with Crippen molar-refractivity contribution in [2.75, 3.05) is 29.5 Å². The minimum absolute atomic E-state index is 0.972. The summed E-state index contributed by atoms with van der Waals surface area (Å²) in [7, 11) is 0. The molecule has 2 heterocycles. The van der Waals surface area contributed by atoms with Gasteiger partial charge >= 0.3 is 0 Å². The number of thioether (sulfide) groups is 1. The highest BCUT2D eigenvalue weighted by Crippen LogP contribution is 2.27. The fourth-order valence-electron chi connectivity index (χ4n) is 3.00. The molecule has 0 aliphatic carbocycles. The van der Waals surface area contributed by atoms with Gasteiger partial charge in [0.1, 0.15) is 0 Å². The molecule has 1 saturated heterocycles. The predicted octanol–water partition coefficient (Wildman–Crippen LogP) is 3.62. The molecule has 1 aliphatic rings. The molecule has 0 bridgehead atoms. The van der Waals surface area contributed by atoms with Gasteiger partial charge in [0, 0.05) is 30.2 Å². The second kappa shape index (κ2) is 6.06. The molecule has 4 heteroatoms. The Hall–Kier alpha value is -1.55. The van der Waals surface area contributed by atoms with Crippen LogP contribution in [0.15, 0.2) is 24.3 Å². The molecule has 3 nitrogen and oxygen atoms in total. The van der Waals surface area contributed by atoms with Crippen LogP contribution in [0.5, 0.6) is 0 Å². The Morgan fingerprint density at radius 3 is 2.19 bits per heavy atom. The second-order valence-electron chi connectivity index (χ2n) is 5.65. The van der Waals surface area contributed by atoms with Gasteiger partial charge < -0.3 is 4.90 Å². The van der Waals surface area contributed by atoms with Crippen LogP contribution < -0.4 is 4.90 Å². The van der Waals surface area contributed by atoms with Crippen LogP contribution >= 0.6 is 11.8 Å². The molecule has 21 heavy (non-hydrogen) atoms. The lowest BCUT2D eigenvalue weighted by Gasteiger charge is -2.26. The molecule has 1 aromatic heterocycles. The molecule has 3 rings (SSSR count). The molecular weight excluding hydrogens is 278 g/mol. The Morgan fingerprint density at radius 2 is 1.62 bits per heavy atom. The predicted molar refractivity (Wildman–Crippen MR) is 91.2 cm³/mol. The summed E-state index contributed by atoms with van der Waals surface area (Å²) in [4.78, 5) is 2.32. The second-order valence-corrected chi connectivity index (χ2v) is 6.87. The average Bonchev–Trinajstić information content (AvgIpc) is 2.48. The van der Waals surface area contributed by atoms with E-state index < -0.39 is 0 Å². The molecule has 1 aliphatic heterocycles. The lowest BCUT2D eigenvalue weighted by atomic mass is 9.97. The number of anilines is 1. The smallest absolute Gasteiger partial charge is 0.151 e. The summed E-state index contributed by atoms with van der Waals surface area (Å²) in [6, 6.07) is 8.63. The van der Waals surface area contributed by atoms with Crippen LogP contribution in [0.4, 0.5) is 5.82 Å². The van der Waals surface area contributed by atoms with E-state index in [9.17, 15) is 0 Å². The Labute approximate surface area is 130 Å². The number of aromatic nitrogens is 2. The van der Waals surface area contributed by atoms with E-state index in [1.807, 2.05) is 11.8 Å². The van der Waals surface area contributed by atoms with E-state index in [-0.39, 0.29) is 0 Å². The quantitative estimate of drug-likeness (QED) is 0.847. The largest absolute Gasteiger partial charge is 0.353 e. The number of hydrogen-bond donors (Lipinski definition) is 0. The standard InChI is InChI=1S/C17H21N3S/c1-12-10-13(2)17(14(3)11-12)15-4-5-16(19-18-15)20-6-8-21-9-7-20/h4-5,10-11H,6-9H2,1-3H3. The molecule has 2 aromatic rings. The van der Waals surface area contributed by atoms with Gasteiger partial charge in [-0.15, -0.1) is 10.2 Å². The SMILES string of the molecule is Cc1cc(C)c(-c2ccc(N3CCSCC3)nn2)c(C)c1. The molecule has 0 saturated carbocycles. The molecule has 1 fully saturated rings. The molecule has 0 radical (unpaired) electrons. The van der Waals surface area contributed by atoms with Crippen LogP contribution in [0.25, 0.3) is 11.3 Å². The van der Waals surface area contributed by atoms with Crippen molar-refractivity contribution in [1.82, 2.24) is 10.2 Å². The van der Waals surface area contributed by atoms with Crippen molar-refractivity contribution < 1.29 is 0 Å². The van der Waals surface area contributed by atoms with Crippen molar-refractivity contribution in [2.24, 2.45) is 0 Å². The molecule has 110 valence electrons. The molecule has 0 unspecified atom stereocenters. The van der Waals surface area contributed by atoms with Gasteiger partial charge in [0.05, 0.1) is 5.69 Å². The Bertz CT molecular complexity index is 608. The molecule has 0 N–H and O–H groups in total. The van der Waals surface area contributed by atoms with E-state index in [4.69, 9.17) is 0 Å². The van der Waals surface area contributed by atoms with E-state index in [2.05, 4.69) is 60.1 Å². The number of aryl methyl sites for hydroxylation is 3. The highest BCUT2D eigenvalue weighted by Gasteiger charge is 2.14. The first-order chi connectivity index (χ1) is 10.1. The summed E-state index contributed by atoms with van der Waals surface area (Å²) < 4.78 is 0. The van der Waals surface area contributed by atoms with Crippen LogP contribution in [0.1, 0.15) is 16.7 Å². The van der Waals surface area contributed by atoms with Crippen molar-refractivity contribution in [3.05, 3.63) is 41.0 Å². The van der Waals surface area contributed by atoms with E-state index in [0.29, 0.717) is 0 Å². The topological polar surface area (TPSA) is 29.0 Å². The van der Waals surface area contributed by atoms with Gasteiger partial charge in [-0.2, -0.15) is 11.8 Å². The van der Waals surface area contributed by atoms with Crippen molar-refractivity contribution in [3.8, 4) is 11.3 Å². The first-order valence-corrected chi connectivity index (χ1v) is 8.55. The monoisotopic (exact) mass is 299 g/mol. The number of benzene rings is 1. The van der Waals surface area contributed by atoms with Crippen LogP contribution in [0.2, 0.25) is 0 Å². The van der Waals surface area contributed by atoms with Gasteiger partial charge in [0.2, 0.25) is 0 Å². The zero-order valence-corrected chi connectivity index (χ0v) is 13.7. The maximum Gasteiger partial charge on any atom is 0.151 e. The first-order valence-electron chi connectivity index (χ1n) is 7.40. The Kier molecular flexibility index (Phi) is 4.15. The van der Waals surface area contributed by atoms with Gasteiger partial charge in [0.25, 0.3) is 0 Å². The van der Waals surface area contributed by atoms with Crippen LogP contribution in [0.3, 0.4) is 0 Å². The first kappa shape index (κ1) is 14.4. The third-order valence-corrected chi connectivity index (χ3v) is 4.86. The zero-order chi connectivity index (χ0) is 14.8. The number of nitrogens with zero attached hydrogens (tertiary/aromatic N) is 3. The lowest BCUT2D eigenvalue weighted by Crippen LogP contribution is -2.33. The van der Waals surface area contributed by atoms with Crippen LogP contribution in [-0.2, 0) is 0 Å². The fraction of sp³-hybridized carbons (Fsp3) is 0.412. The minimum atomic E-state index is 0.972. The third-order valence-electron chi connectivity index (χ3n) is 3.92. The van der Waals surface area contributed by atoms with Crippen LogP contribution in [-0.4, -0.2) is 34.8 Å². The summed E-state index contributed by atoms with van der Waals surface area (Å²) in [5.41, 5.74) is 6.02. The summed E-state index contributed by atoms with van der Waals surface area (Å²) in [5, 5.41) is 8.93. The van der Waals surface area contributed by atoms with Crippen molar-refractivity contribution in [2.45, 2.75) is 20.8 Å².